The first-order chi connectivity index (χ1) is 14.4. The summed E-state index contributed by atoms with van der Waals surface area (Å²) in [5.41, 5.74) is 1.38. The van der Waals surface area contributed by atoms with Gasteiger partial charge in [0.25, 0.3) is 11.5 Å². The Kier molecular flexibility index (Phi) is 4.75. The number of hydrogen-bond acceptors (Lipinski definition) is 4. The number of benzene rings is 2. The van der Waals surface area contributed by atoms with Crippen molar-refractivity contribution in [3.8, 4) is 5.75 Å². The van der Waals surface area contributed by atoms with Crippen molar-refractivity contribution in [2.45, 2.75) is 13.5 Å². The fourth-order valence-corrected chi connectivity index (χ4v) is 3.70. The van der Waals surface area contributed by atoms with Crippen LogP contribution in [0.5, 0.6) is 5.75 Å². The zero-order valence-electron chi connectivity index (χ0n) is 16.1. The molecule has 30 heavy (non-hydrogen) atoms. The van der Waals surface area contributed by atoms with Gasteiger partial charge in [-0.2, -0.15) is 0 Å². The van der Waals surface area contributed by atoms with Crippen LogP contribution in [-0.4, -0.2) is 37.8 Å². The van der Waals surface area contributed by atoms with E-state index < -0.39 is 35.3 Å². The molecule has 1 amide bonds. The van der Waals surface area contributed by atoms with Crippen LogP contribution in [0.15, 0.2) is 59.4 Å². The maximum absolute atomic E-state index is 13.3. The number of para-hydroxylation sites is 1. The average Bonchev–Trinajstić information content (AvgIpc) is 3.03. The number of aromatic hydroxyl groups is 1. The van der Waals surface area contributed by atoms with Crippen LogP contribution in [0.2, 0.25) is 0 Å². The zero-order chi connectivity index (χ0) is 21.4. The van der Waals surface area contributed by atoms with E-state index in [4.69, 9.17) is 5.11 Å². The van der Waals surface area contributed by atoms with E-state index in [0.29, 0.717) is 16.6 Å². The molecule has 2 aromatic heterocycles. The summed E-state index contributed by atoms with van der Waals surface area (Å²) in [4.78, 5) is 36.8. The van der Waals surface area contributed by atoms with Gasteiger partial charge in [-0.3, -0.25) is 14.4 Å². The molecule has 2 aromatic carbocycles. The Balaban J connectivity index is 2.05. The van der Waals surface area contributed by atoms with Gasteiger partial charge < -0.3 is 15.5 Å². The minimum absolute atomic E-state index is 0.160. The van der Waals surface area contributed by atoms with Crippen molar-refractivity contribution < 1.29 is 19.8 Å². The van der Waals surface area contributed by atoms with Crippen LogP contribution in [0.3, 0.4) is 0 Å². The van der Waals surface area contributed by atoms with Crippen LogP contribution in [0.25, 0.3) is 16.4 Å². The average molecular weight is 405 g/mol. The molecule has 0 unspecified atom stereocenters. The highest BCUT2D eigenvalue weighted by Gasteiger charge is 2.26. The number of aliphatic carboxylic acids is 1. The topological polar surface area (TPSA) is 113 Å². The molecule has 8 nitrogen and oxygen atoms in total. The van der Waals surface area contributed by atoms with Gasteiger partial charge in [0.05, 0.1) is 12.1 Å². The molecule has 152 valence electrons. The van der Waals surface area contributed by atoms with E-state index in [1.165, 1.54) is 4.68 Å². The van der Waals surface area contributed by atoms with Crippen molar-refractivity contribution in [3.05, 3.63) is 81.6 Å². The number of hydrogen-bond donors (Lipinski definition) is 3. The second-order valence-electron chi connectivity index (χ2n) is 6.95. The molecule has 2 heterocycles. The summed E-state index contributed by atoms with van der Waals surface area (Å²) in [5.74, 6) is -2.66. The van der Waals surface area contributed by atoms with Crippen LogP contribution < -0.4 is 10.9 Å². The first-order valence-corrected chi connectivity index (χ1v) is 9.30. The molecule has 0 fully saturated rings. The number of nitrogens with one attached hydrogen (secondary N) is 1. The summed E-state index contributed by atoms with van der Waals surface area (Å²) in [5, 5.41) is 22.7. The van der Waals surface area contributed by atoms with Crippen molar-refractivity contribution in [2.75, 3.05) is 6.54 Å². The largest absolute Gasteiger partial charge is 0.505 e. The molecule has 0 aliphatic rings. The van der Waals surface area contributed by atoms with E-state index in [2.05, 4.69) is 5.32 Å². The Labute approximate surface area is 170 Å². The quantitative estimate of drug-likeness (QED) is 0.471. The van der Waals surface area contributed by atoms with Crippen LogP contribution in [0, 0.1) is 6.92 Å². The van der Waals surface area contributed by atoms with Gasteiger partial charge in [0.2, 0.25) is 0 Å². The van der Waals surface area contributed by atoms with E-state index in [9.17, 15) is 19.5 Å². The predicted molar refractivity (Wildman–Crippen MR) is 111 cm³/mol. The van der Waals surface area contributed by atoms with E-state index >= 15 is 0 Å². The molecule has 0 spiro atoms. The van der Waals surface area contributed by atoms with Crippen molar-refractivity contribution >= 4 is 28.3 Å². The molecule has 0 radical (unpaired) electrons. The Morgan fingerprint density at radius 1 is 1.03 bits per heavy atom. The number of carboxylic acids is 1. The summed E-state index contributed by atoms with van der Waals surface area (Å²) in [6.07, 6.45) is 0. The third-order valence-electron chi connectivity index (χ3n) is 5.06. The molecule has 0 saturated carbocycles. The van der Waals surface area contributed by atoms with Gasteiger partial charge in [0.1, 0.15) is 17.6 Å². The SMILES string of the molecule is Cc1c2ccccc2n2c1c(O)c(C(=O)NCC(=O)O)c(=O)n2Cc1ccccc1. The summed E-state index contributed by atoms with van der Waals surface area (Å²) >= 11 is 0. The Morgan fingerprint density at radius 3 is 2.40 bits per heavy atom. The van der Waals surface area contributed by atoms with Gasteiger partial charge in [-0.25, -0.2) is 9.20 Å². The van der Waals surface area contributed by atoms with Crippen molar-refractivity contribution in [2.24, 2.45) is 0 Å². The molecule has 4 aromatic rings. The number of carboxylic acid groups (broad SMARTS) is 1. The first kappa shape index (κ1) is 19.3. The second-order valence-corrected chi connectivity index (χ2v) is 6.95. The van der Waals surface area contributed by atoms with E-state index in [0.717, 1.165) is 10.9 Å². The number of carbonyl (C=O) groups is 2. The lowest BCUT2D eigenvalue weighted by atomic mass is 10.1. The highest BCUT2D eigenvalue weighted by Crippen LogP contribution is 2.32. The smallest absolute Gasteiger partial charge is 0.322 e. The third-order valence-corrected chi connectivity index (χ3v) is 5.06. The summed E-state index contributed by atoms with van der Waals surface area (Å²) < 4.78 is 3.00. The Hall–Kier alpha value is -4.07. The van der Waals surface area contributed by atoms with Gasteiger partial charge in [-0.05, 0) is 24.1 Å². The number of carbonyl (C=O) groups excluding carboxylic acids is 1. The van der Waals surface area contributed by atoms with Crippen molar-refractivity contribution in [1.82, 2.24) is 14.5 Å². The highest BCUT2D eigenvalue weighted by molar-refractivity contribution is 6.02. The standard InChI is InChI=1S/C22H19N3O5/c1-13-15-9-5-6-10-16(15)25-19(13)20(28)18(21(29)23-11-17(26)27)22(30)24(25)12-14-7-3-2-4-8-14/h2-10,28H,11-12H2,1H3,(H,23,29)(H,26,27). The van der Waals surface area contributed by atoms with Crippen LogP contribution >= 0.6 is 0 Å². The zero-order valence-corrected chi connectivity index (χ0v) is 16.1. The first-order valence-electron chi connectivity index (χ1n) is 9.30. The Bertz CT molecular complexity index is 1350. The van der Waals surface area contributed by atoms with E-state index in [1.807, 2.05) is 54.6 Å². The lowest BCUT2D eigenvalue weighted by molar-refractivity contribution is -0.135. The fraction of sp³-hybridized carbons (Fsp3) is 0.136. The molecular formula is C22H19N3O5. The van der Waals surface area contributed by atoms with Gasteiger partial charge in [0.15, 0.2) is 5.75 Å². The molecule has 0 saturated heterocycles. The van der Waals surface area contributed by atoms with Gasteiger partial charge >= 0.3 is 5.97 Å². The summed E-state index contributed by atoms with van der Waals surface area (Å²) in [6, 6.07) is 16.6. The summed E-state index contributed by atoms with van der Waals surface area (Å²) in [7, 11) is 0. The normalized spacial score (nSPS) is 11.1. The van der Waals surface area contributed by atoms with Crippen molar-refractivity contribution in [3.63, 3.8) is 0 Å². The van der Waals surface area contributed by atoms with E-state index in [-0.39, 0.29) is 6.54 Å². The maximum atomic E-state index is 13.3. The summed E-state index contributed by atoms with van der Waals surface area (Å²) in [6.45, 7) is 1.30. The van der Waals surface area contributed by atoms with Gasteiger partial charge in [-0.15, -0.1) is 0 Å². The number of rotatable bonds is 5. The predicted octanol–water partition coefficient (Wildman–Crippen LogP) is 2.13. The maximum Gasteiger partial charge on any atom is 0.322 e. The lowest BCUT2D eigenvalue weighted by Gasteiger charge is -2.15. The molecular weight excluding hydrogens is 386 g/mol. The molecule has 4 rings (SSSR count). The monoisotopic (exact) mass is 405 g/mol. The minimum Gasteiger partial charge on any atom is -0.505 e. The van der Waals surface area contributed by atoms with Gasteiger partial charge in [-0.1, -0.05) is 48.5 Å². The van der Waals surface area contributed by atoms with Crippen LogP contribution in [0.4, 0.5) is 0 Å². The van der Waals surface area contributed by atoms with Crippen LogP contribution in [0.1, 0.15) is 21.5 Å². The van der Waals surface area contributed by atoms with Crippen LogP contribution in [-0.2, 0) is 11.3 Å². The number of aromatic nitrogens is 2. The molecule has 3 N–H and O–H groups in total. The number of aryl methyl sites for hydroxylation is 1. The van der Waals surface area contributed by atoms with E-state index in [1.54, 1.807) is 11.4 Å². The number of fused-ring (bicyclic) bond motifs is 3. The molecule has 0 bridgehead atoms. The highest BCUT2D eigenvalue weighted by atomic mass is 16.4. The minimum atomic E-state index is -1.25. The molecule has 0 aliphatic carbocycles. The van der Waals surface area contributed by atoms with Crippen molar-refractivity contribution in [1.29, 1.82) is 0 Å². The molecule has 0 atom stereocenters. The Morgan fingerprint density at radius 2 is 1.70 bits per heavy atom. The third kappa shape index (κ3) is 3.08. The lowest BCUT2D eigenvalue weighted by Crippen LogP contribution is -2.37. The number of nitrogens with zero attached hydrogens (tertiary/aromatic N) is 2. The second kappa shape index (κ2) is 7.40. The van der Waals surface area contributed by atoms with Gasteiger partial charge in [0, 0.05) is 5.39 Å². The number of amides is 1. The molecule has 8 heteroatoms. The molecule has 0 aliphatic heterocycles. The fourth-order valence-electron chi connectivity index (χ4n) is 3.70.